The van der Waals surface area contributed by atoms with Crippen LogP contribution in [-0.4, -0.2) is 28.2 Å². The van der Waals surface area contributed by atoms with Gasteiger partial charge in [-0.2, -0.15) is 0 Å². The Morgan fingerprint density at radius 3 is 2.33 bits per heavy atom. The van der Waals surface area contributed by atoms with E-state index in [1.54, 1.807) is 31.2 Å². The summed E-state index contributed by atoms with van der Waals surface area (Å²) in [6.45, 7) is 2.97. The zero-order valence-electron chi connectivity index (χ0n) is 13.0. The van der Waals surface area contributed by atoms with Crippen molar-refractivity contribution in [2.24, 2.45) is 0 Å². The molecule has 3 N–H and O–H groups in total. The van der Waals surface area contributed by atoms with Crippen LogP contribution >= 0.6 is 11.6 Å². The highest BCUT2D eigenvalue weighted by molar-refractivity contribution is 6.30. The van der Waals surface area contributed by atoms with Crippen molar-refractivity contribution in [2.75, 3.05) is 5.32 Å². The minimum atomic E-state index is -1.10. The average molecular weight is 350 g/mol. The Balaban J connectivity index is 2.04. The highest BCUT2D eigenvalue weighted by Crippen LogP contribution is 2.32. The number of anilines is 1. The van der Waals surface area contributed by atoms with Gasteiger partial charge >= 0.3 is 5.97 Å². The number of benzene rings is 2. The lowest BCUT2D eigenvalue weighted by molar-refractivity contribution is -0.123. The first-order chi connectivity index (χ1) is 11.3. The van der Waals surface area contributed by atoms with Crippen molar-refractivity contribution in [2.45, 2.75) is 20.0 Å². The summed E-state index contributed by atoms with van der Waals surface area (Å²) in [5, 5.41) is 22.6. The number of aromatic hydroxyl groups is 2. The van der Waals surface area contributed by atoms with E-state index in [-0.39, 0.29) is 5.56 Å². The van der Waals surface area contributed by atoms with Gasteiger partial charge in [-0.15, -0.1) is 0 Å². The van der Waals surface area contributed by atoms with Gasteiger partial charge in [-0.1, -0.05) is 17.7 Å². The van der Waals surface area contributed by atoms with E-state index in [1.807, 2.05) is 0 Å². The van der Waals surface area contributed by atoms with Crippen molar-refractivity contribution in [1.29, 1.82) is 0 Å². The summed E-state index contributed by atoms with van der Waals surface area (Å²) in [6, 6.07) is 9.22. The number of ether oxygens (including phenoxy) is 1. The van der Waals surface area contributed by atoms with Gasteiger partial charge in [-0.3, -0.25) is 4.79 Å². The highest BCUT2D eigenvalue weighted by Gasteiger charge is 2.22. The monoisotopic (exact) mass is 349 g/mol. The molecular weight excluding hydrogens is 334 g/mol. The number of amides is 1. The van der Waals surface area contributed by atoms with Crippen molar-refractivity contribution in [3.8, 4) is 11.5 Å². The molecule has 24 heavy (non-hydrogen) atoms. The third-order valence-electron chi connectivity index (χ3n) is 3.34. The number of halogens is 1. The third-order valence-corrected chi connectivity index (χ3v) is 3.59. The lowest BCUT2D eigenvalue weighted by Crippen LogP contribution is -2.30. The van der Waals surface area contributed by atoms with Crippen molar-refractivity contribution in [3.05, 3.63) is 52.5 Å². The molecule has 1 amide bonds. The van der Waals surface area contributed by atoms with E-state index in [2.05, 4.69) is 5.32 Å². The van der Waals surface area contributed by atoms with Crippen LogP contribution in [0.15, 0.2) is 36.4 Å². The van der Waals surface area contributed by atoms with E-state index >= 15 is 0 Å². The van der Waals surface area contributed by atoms with Gasteiger partial charge in [0, 0.05) is 10.7 Å². The van der Waals surface area contributed by atoms with Crippen LogP contribution in [0.3, 0.4) is 0 Å². The molecule has 0 heterocycles. The second-order valence-corrected chi connectivity index (χ2v) is 5.61. The maximum Gasteiger partial charge on any atom is 0.342 e. The van der Waals surface area contributed by atoms with E-state index in [0.717, 1.165) is 0 Å². The first-order valence-electron chi connectivity index (χ1n) is 7.08. The largest absolute Gasteiger partial charge is 0.504 e. The zero-order valence-corrected chi connectivity index (χ0v) is 13.8. The van der Waals surface area contributed by atoms with Gasteiger partial charge < -0.3 is 20.3 Å². The maximum absolute atomic E-state index is 12.1. The fourth-order valence-electron chi connectivity index (χ4n) is 1.90. The summed E-state index contributed by atoms with van der Waals surface area (Å²) in [5.74, 6) is -2.43. The summed E-state index contributed by atoms with van der Waals surface area (Å²) < 4.78 is 5.02. The molecule has 6 nitrogen and oxygen atoms in total. The second kappa shape index (κ2) is 7.23. The molecule has 2 rings (SSSR count). The summed E-state index contributed by atoms with van der Waals surface area (Å²) in [7, 11) is 0. The molecule has 2 aromatic rings. The van der Waals surface area contributed by atoms with Crippen LogP contribution in [0.25, 0.3) is 0 Å². The van der Waals surface area contributed by atoms with E-state index in [4.69, 9.17) is 16.3 Å². The van der Waals surface area contributed by atoms with Crippen LogP contribution < -0.4 is 5.32 Å². The highest BCUT2D eigenvalue weighted by atomic mass is 35.5. The van der Waals surface area contributed by atoms with E-state index < -0.39 is 29.5 Å². The molecule has 1 unspecified atom stereocenters. The lowest BCUT2D eigenvalue weighted by atomic mass is 10.1. The number of rotatable bonds is 4. The van der Waals surface area contributed by atoms with Gasteiger partial charge in [-0.05, 0) is 49.7 Å². The number of carbonyl (C=O) groups excluding carboxylic acids is 2. The summed E-state index contributed by atoms with van der Waals surface area (Å²) in [6.07, 6.45) is -1.10. The van der Waals surface area contributed by atoms with Gasteiger partial charge in [-0.25, -0.2) is 4.79 Å². The minimum absolute atomic E-state index is 0.218. The number of aryl methyl sites for hydroxylation is 1. The molecular formula is C17H16ClNO5. The SMILES string of the molecule is Cc1ccc(C(=O)OC(C)C(=O)Nc2ccc(Cl)cc2)c(O)c1O. The Kier molecular flexibility index (Phi) is 5.31. The summed E-state index contributed by atoms with van der Waals surface area (Å²) >= 11 is 5.76. The molecule has 0 saturated carbocycles. The van der Waals surface area contributed by atoms with E-state index in [0.29, 0.717) is 16.3 Å². The number of phenolic OH excluding ortho intramolecular Hbond substituents is 2. The molecule has 0 aromatic heterocycles. The number of esters is 1. The first kappa shape index (κ1) is 17.6. The van der Waals surface area contributed by atoms with Crippen molar-refractivity contribution < 1.29 is 24.5 Å². The van der Waals surface area contributed by atoms with Gasteiger partial charge in [0.1, 0.15) is 5.56 Å². The quantitative estimate of drug-likeness (QED) is 0.581. The van der Waals surface area contributed by atoms with Crippen molar-refractivity contribution in [3.63, 3.8) is 0 Å². The van der Waals surface area contributed by atoms with Crippen LogP contribution in [0.2, 0.25) is 5.02 Å². The summed E-state index contributed by atoms with van der Waals surface area (Å²) in [4.78, 5) is 24.1. The molecule has 1 atom stereocenters. The number of hydrogen-bond acceptors (Lipinski definition) is 5. The van der Waals surface area contributed by atoms with Crippen molar-refractivity contribution in [1.82, 2.24) is 0 Å². The molecule has 0 saturated heterocycles. The predicted octanol–water partition coefficient (Wildman–Crippen LogP) is 3.24. The average Bonchev–Trinajstić information content (AvgIpc) is 2.54. The Morgan fingerprint density at radius 1 is 1.08 bits per heavy atom. The molecule has 2 aromatic carbocycles. The van der Waals surface area contributed by atoms with Crippen LogP contribution in [0.5, 0.6) is 11.5 Å². The molecule has 126 valence electrons. The zero-order chi connectivity index (χ0) is 17.9. The van der Waals surface area contributed by atoms with Crippen molar-refractivity contribution >= 4 is 29.2 Å². The third kappa shape index (κ3) is 3.97. The molecule has 0 aliphatic heterocycles. The minimum Gasteiger partial charge on any atom is -0.504 e. The van der Waals surface area contributed by atoms with Crippen LogP contribution in [0.1, 0.15) is 22.8 Å². The number of phenols is 2. The maximum atomic E-state index is 12.1. The number of hydrogen-bond donors (Lipinski definition) is 3. The Morgan fingerprint density at radius 2 is 1.71 bits per heavy atom. The topological polar surface area (TPSA) is 95.9 Å². The molecule has 7 heteroatoms. The van der Waals surface area contributed by atoms with Gasteiger partial charge in [0.25, 0.3) is 5.91 Å². The van der Waals surface area contributed by atoms with Crippen LogP contribution in [-0.2, 0) is 9.53 Å². The molecule has 0 radical (unpaired) electrons. The van der Waals surface area contributed by atoms with Gasteiger partial charge in [0.05, 0.1) is 0 Å². The van der Waals surface area contributed by atoms with Crippen LogP contribution in [0.4, 0.5) is 5.69 Å². The fourth-order valence-corrected chi connectivity index (χ4v) is 2.03. The predicted molar refractivity (Wildman–Crippen MR) is 89.5 cm³/mol. The van der Waals surface area contributed by atoms with E-state index in [9.17, 15) is 19.8 Å². The summed E-state index contributed by atoms with van der Waals surface area (Å²) in [5.41, 5.74) is 0.699. The second-order valence-electron chi connectivity index (χ2n) is 5.17. The normalized spacial score (nSPS) is 11.6. The fraction of sp³-hybridized carbons (Fsp3) is 0.176. The number of carbonyl (C=O) groups is 2. The van der Waals surface area contributed by atoms with E-state index in [1.165, 1.54) is 19.1 Å². The number of nitrogens with one attached hydrogen (secondary N) is 1. The van der Waals surface area contributed by atoms with Gasteiger partial charge in [0.15, 0.2) is 17.6 Å². The molecule has 0 bridgehead atoms. The smallest absolute Gasteiger partial charge is 0.342 e. The lowest BCUT2D eigenvalue weighted by Gasteiger charge is -2.14. The Hall–Kier alpha value is -2.73. The molecule has 0 fully saturated rings. The Labute approximate surface area is 143 Å². The van der Waals surface area contributed by atoms with Crippen LogP contribution in [0, 0.1) is 6.92 Å². The first-order valence-corrected chi connectivity index (χ1v) is 7.46. The Bertz CT molecular complexity index is 773. The molecule has 0 aliphatic rings. The van der Waals surface area contributed by atoms with Gasteiger partial charge in [0.2, 0.25) is 0 Å². The molecule has 0 spiro atoms. The standard InChI is InChI=1S/C17H16ClNO5/c1-9-3-8-13(15(21)14(9)20)17(23)24-10(2)16(22)19-12-6-4-11(18)5-7-12/h3-8,10,20-21H,1-2H3,(H,19,22). The molecule has 0 aliphatic carbocycles.